The lowest BCUT2D eigenvalue weighted by atomic mass is 10.3. The highest BCUT2D eigenvalue weighted by Crippen LogP contribution is 1.91. The van der Waals surface area contributed by atoms with Crippen molar-refractivity contribution in [2.45, 2.75) is 19.8 Å². The lowest BCUT2D eigenvalue weighted by molar-refractivity contribution is -0.116. The first-order valence-corrected chi connectivity index (χ1v) is 3.91. The van der Waals surface area contributed by atoms with Gasteiger partial charge in [0.05, 0.1) is 4.43 Å². The van der Waals surface area contributed by atoms with Gasteiger partial charge >= 0.3 is 0 Å². The van der Waals surface area contributed by atoms with E-state index in [-0.39, 0.29) is 0 Å². The molecule has 0 aromatic carbocycles. The zero-order chi connectivity index (χ0) is 5.70. The zero-order valence-electron chi connectivity index (χ0n) is 4.41. The lowest BCUT2D eigenvalue weighted by Crippen LogP contribution is -1.95. The molecule has 0 atom stereocenters. The number of Topliss-reactive ketones (excluding diaryl/α,β-unsaturated/α-hetero) is 1. The van der Waals surface area contributed by atoms with Gasteiger partial charge in [-0.05, 0) is 6.42 Å². The third-order valence-corrected chi connectivity index (χ3v) is 1.53. The van der Waals surface area contributed by atoms with Gasteiger partial charge in [-0.15, -0.1) is 0 Å². The molecule has 0 unspecified atom stereocenters. The zero-order valence-corrected chi connectivity index (χ0v) is 6.57. The Morgan fingerprint density at radius 1 is 1.71 bits per heavy atom. The third kappa shape index (κ3) is 4.25. The molecular weight excluding hydrogens is 203 g/mol. The molecule has 0 aliphatic carbocycles. The summed E-state index contributed by atoms with van der Waals surface area (Å²) in [7, 11) is 0. The minimum absolute atomic E-state index is 0.364. The molecule has 0 saturated carbocycles. The van der Waals surface area contributed by atoms with E-state index in [0.29, 0.717) is 10.2 Å². The fraction of sp³-hybridized carbons (Fsp3) is 0.800. The highest BCUT2D eigenvalue weighted by atomic mass is 127. The van der Waals surface area contributed by atoms with Crippen LogP contribution in [0.4, 0.5) is 0 Å². The maximum atomic E-state index is 10.4. The molecule has 0 rings (SSSR count). The average Bonchev–Trinajstić information content (AvgIpc) is 1.68. The molecule has 0 fully saturated rings. The van der Waals surface area contributed by atoms with E-state index in [1.165, 1.54) is 0 Å². The van der Waals surface area contributed by atoms with Gasteiger partial charge < -0.3 is 0 Å². The fourth-order valence-corrected chi connectivity index (χ4v) is 0.727. The van der Waals surface area contributed by atoms with E-state index < -0.39 is 0 Å². The van der Waals surface area contributed by atoms with Crippen LogP contribution >= 0.6 is 22.6 Å². The molecule has 0 bridgehead atoms. The largest absolute Gasteiger partial charge is 0.299 e. The normalized spacial score (nSPS) is 8.86. The summed E-state index contributed by atoms with van der Waals surface area (Å²) in [5.41, 5.74) is 0. The van der Waals surface area contributed by atoms with Gasteiger partial charge in [-0.25, -0.2) is 0 Å². The Labute approximate surface area is 57.6 Å². The number of alkyl halides is 1. The Morgan fingerprint density at radius 3 is 2.43 bits per heavy atom. The maximum Gasteiger partial charge on any atom is 0.142 e. The lowest BCUT2D eigenvalue weighted by Gasteiger charge is -1.86. The molecule has 0 N–H and O–H groups in total. The number of hydrogen-bond acceptors (Lipinski definition) is 1. The number of carbonyl (C=O) groups is 1. The first kappa shape index (κ1) is 7.40. The van der Waals surface area contributed by atoms with E-state index in [9.17, 15) is 4.79 Å². The number of carbonyl (C=O) groups excluding carboxylic acids is 1. The number of hydrogen-bond donors (Lipinski definition) is 0. The molecule has 0 radical (unpaired) electrons. The van der Waals surface area contributed by atoms with Crippen LogP contribution in [0.3, 0.4) is 0 Å². The summed E-state index contributed by atoms with van der Waals surface area (Å²) in [5, 5.41) is 0. The standard InChI is InChI=1S/C5H9IO/c1-2-3-5(7)4-6/h2-4H2,1H3. The second kappa shape index (κ2) is 4.56. The summed E-state index contributed by atoms with van der Waals surface area (Å²) >= 11 is 2.09. The van der Waals surface area contributed by atoms with Gasteiger partial charge in [-0.3, -0.25) is 4.79 Å². The van der Waals surface area contributed by atoms with Crippen molar-refractivity contribution in [2.24, 2.45) is 0 Å². The van der Waals surface area contributed by atoms with E-state index in [2.05, 4.69) is 22.6 Å². The molecule has 0 amide bonds. The fourth-order valence-electron chi connectivity index (χ4n) is 0.346. The van der Waals surface area contributed by atoms with Crippen molar-refractivity contribution < 1.29 is 4.79 Å². The van der Waals surface area contributed by atoms with Crippen LogP contribution in [0.25, 0.3) is 0 Å². The minimum Gasteiger partial charge on any atom is -0.299 e. The molecule has 0 saturated heterocycles. The quantitative estimate of drug-likeness (QED) is 0.514. The molecule has 0 aliphatic heterocycles. The summed E-state index contributed by atoms with van der Waals surface area (Å²) in [5.74, 6) is 0.364. The summed E-state index contributed by atoms with van der Waals surface area (Å²) in [4.78, 5) is 10.4. The van der Waals surface area contributed by atoms with Gasteiger partial charge in [0.1, 0.15) is 5.78 Å². The van der Waals surface area contributed by atoms with Crippen molar-refractivity contribution >= 4 is 28.4 Å². The van der Waals surface area contributed by atoms with Gasteiger partial charge in [0.15, 0.2) is 0 Å². The number of rotatable bonds is 3. The molecule has 1 nitrogen and oxygen atoms in total. The van der Waals surface area contributed by atoms with E-state index in [4.69, 9.17) is 0 Å². The molecule has 0 spiro atoms. The highest BCUT2D eigenvalue weighted by Gasteiger charge is 1.92. The average molecular weight is 212 g/mol. The number of ketones is 1. The Bertz CT molecular complexity index is 61.1. The molecule has 0 aromatic heterocycles. The van der Waals surface area contributed by atoms with E-state index >= 15 is 0 Å². The molecule has 42 valence electrons. The first-order valence-electron chi connectivity index (χ1n) is 2.39. The second-order valence-corrected chi connectivity index (χ2v) is 2.19. The van der Waals surface area contributed by atoms with Crippen LogP contribution in [0.5, 0.6) is 0 Å². The van der Waals surface area contributed by atoms with Gasteiger partial charge in [-0.1, -0.05) is 29.5 Å². The monoisotopic (exact) mass is 212 g/mol. The topological polar surface area (TPSA) is 17.1 Å². The number of halogens is 1. The van der Waals surface area contributed by atoms with Gasteiger partial charge in [-0.2, -0.15) is 0 Å². The van der Waals surface area contributed by atoms with Crippen molar-refractivity contribution in [3.05, 3.63) is 0 Å². The van der Waals surface area contributed by atoms with Crippen molar-refractivity contribution in [3.8, 4) is 0 Å². The smallest absolute Gasteiger partial charge is 0.142 e. The molecular formula is C5H9IO. The van der Waals surface area contributed by atoms with Crippen LogP contribution < -0.4 is 0 Å². The van der Waals surface area contributed by atoms with E-state index in [1.54, 1.807) is 0 Å². The molecule has 0 aliphatic rings. The van der Waals surface area contributed by atoms with E-state index in [0.717, 1.165) is 12.8 Å². The Hall–Kier alpha value is 0.400. The van der Waals surface area contributed by atoms with Crippen molar-refractivity contribution in [3.63, 3.8) is 0 Å². The summed E-state index contributed by atoms with van der Waals surface area (Å²) in [6.45, 7) is 2.02. The second-order valence-electron chi connectivity index (χ2n) is 1.42. The molecule has 0 aromatic rings. The Kier molecular flexibility index (Phi) is 4.82. The minimum atomic E-state index is 0.364. The highest BCUT2D eigenvalue weighted by molar-refractivity contribution is 14.1. The van der Waals surface area contributed by atoms with Crippen LogP contribution in [0, 0.1) is 0 Å². The summed E-state index contributed by atoms with van der Waals surface area (Å²) in [6, 6.07) is 0. The van der Waals surface area contributed by atoms with Crippen LogP contribution in [-0.2, 0) is 4.79 Å². The van der Waals surface area contributed by atoms with E-state index in [1.807, 2.05) is 6.92 Å². The van der Waals surface area contributed by atoms with Crippen LogP contribution in [0.15, 0.2) is 0 Å². The van der Waals surface area contributed by atoms with Crippen LogP contribution in [0.2, 0.25) is 0 Å². The summed E-state index contributed by atoms with van der Waals surface area (Å²) in [6.07, 6.45) is 1.74. The Balaban J connectivity index is 3.00. The van der Waals surface area contributed by atoms with Gasteiger partial charge in [0, 0.05) is 6.42 Å². The molecule has 2 heteroatoms. The third-order valence-electron chi connectivity index (χ3n) is 0.678. The predicted octanol–water partition coefficient (Wildman–Crippen LogP) is 1.79. The molecule has 0 heterocycles. The SMILES string of the molecule is CCCC(=O)CI. The molecule has 7 heavy (non-hydrogen) atoms. The van der Waals surface area contributed by atoms with Crippen molar-refractivity contribution in [1.82, 2.24) is 0 Å². The first-order chi connectivity index (χ1) is 3.31. The van der Waals surface area contributed by atoms with Crippen LogP contribution in [0.1, 0.15) is 19.8 Å². The van der Waals surface area contributed by atoms with Gasteiger partial charge in [0.25, 0.3) is 0 Å². The Morgan fingerprint density at radius 2 is 2.29 bits per heavy atom. The van der Waals surface area contributed by atoms with Crippen LogP contribution in [-0.4, -0.2) is 10.2 Å². The van der Waals surface area contributed by atoms with Gasteiger partial charge in [0.2, 0.25) is 0 Å². The maximum absolute atomic E-state index is 10.4. The van der Waals surface area contributed by atoms with Crippen molar-refractivity contribution in [2.75, 3.05) is 4.43 Å². The summed E-state index contributed by atoms with van der Waals surface area (Å²) < 4.78 is 0.672. The van der Waals surface area contributed by atoms with Crippen molar-refractivity contribution in [1.29, 1.82) is 0 Å². The predicted molar refractivity (Wildman–Crippen MR) is 38.8 cm³/mol.